The number of amides is 1. The van der Waals surface area contributed by atoms with Crippen LogP contribution < -0.4 is 0 Å². The van der Waals surface area contributed by atoms with Crippen LogP contribution in [0.15, 0.2) is 18.2 Å². The van der Waals surface area contributed by atoms with E-state index in [0.717, 1.165) is 25.2 Å². The van der Waals surface area contributed by atoms with Crippen LogP contribution in [0, 0.1) is 0 Å². The summed E-state index contributed by atoms with van der Waals surface area (Å²) in [4.78, 5) is 15.6. The number of rotatable bonds is 3. The first-order valence-electron chi connectivity index (χ1n) is 6.68. The molecule has 1 amide bonds. The molecule has 4 nitrogen and oxygen atoms in total. The number of benzene rings is 1. The Kier molecular flexibility index (Phi) is 5.52. The van der Waals surface area contributed by atoms with Gasteiger partial charge in [-0.3, -0.25) is 4.90 Å². The van der Waals surface area contributed by atoms with E-state index in [4.69, 9.17) is 27.9 Å². The smallest absolute Gasteiger partial charge is 0.409 e. The van der Waals surface area contributed by atoms with Gasteiger partial charge >= 0.3 is 6.09 Å². The molecule has 1 aromatic carbocycles. The minimum absolute atomic E-state index is 0.221. The van der Waals surface area contributed by atoms with Crippen molar-refractivity contribution in [3.05, 3.63) is 33.8 Å². The standard InChI is InChI=1S/C14H18Cl2N2O2/c1-2-20-14(19)18-7-5-17(6-8-18)10-11-3-4-12(15)13(16)9-11/h3-4,9H,2,5-8,10H2,1H3. The summed E-state index contributed by atoms with van der Waals surface area (Å²) >= 11 is 11.9. The fourth-order valence-corrected chi connectivity index (χ4v) is 2.52. The van der Waals surface area contributed by atoms with E-state index in [9.17, 15) is 4.79 Å². The van der Waals surface area contributed by atoms with Gasteiger partial charge in [0.05, 0.1) is 16.7 Å². The van der Waals surface area contributed by atoms with E-state index >= 15 is 0 Å². The summed E-state index contributed by atoms with van der Waals surface area (Å²) in [6.45, 7) is 6.10. The monoisotopic (exact) mass is 316 g/mol. The van der Waals surface area contributed by atoms with Gasteiger partial charge in [-0.1, -0.05) is 29.3 Å². The Morgan fingerprint density at radius 1 is 1.20 bits per heavy atom. The van der Waals surface area contributed by atoms with E-state index in [1.807, 2.05) is 25.1 Å². The zero-order valence-corrected chi connectivity index (χ0v) is 13.0. The van der Waals surface area contributed by atoms with Crippen molar-refractivity contribution in [3.8, 4) is 0 Å². The Labute approximate surface area is 129 Å². The van der Waals surface area contributed by atoms with Crippen LogP contribution in [0.25, 0.3) is 0 Å². The summed E-state index contributed by atoms with van der Waals surface area (Å²) in [6, 6.07) is 5.68. The molecule has 0 N–H and O–H groups in total. The van der Waals surface area contributed by atoms with Crippen molar-refractivity contribution in [3.63, 3.8) is 0 Å². The molecule has 1 saturated heterocycles. The topological polar surface area (TPSA) is 32.8 Å². The Bertz CT molecular complexity index is 474. The van der Waals surface area contributed by atoms with Crippen molar-refractivity contribution < 1.29 is 9.53 Å². The third kappa shape index (κ3) is 4.01. The van der Waals surface area contributed by atoms with Crippen LogP contribution in [0.5, 0.6) is 0 Å². The lowest BCUT2D eigenvalue weighted by atomic mass is 10.2. The van der Waals surface area contributed by atoms with Gasteiger partial charge in [-0.15, -0.1) is 0 Å². The number of ether oxygens (including phenoxy) is 1. The van der Waals surface area contributed by atoms with E-state index in [1.54, 1.807) is 4.90 Å². The van der Waals surface area contributed by atoms with Crippen molar-refractivity contribution in [2.75, 3.05) is 32.8 Å². The number of hydrogen-bond donors (Lipinski definition) is 0. The normalized spacial score (nSPS) is 16.2. The molecule has 0 aliphatic carbocycles. The fourth-order valence-electron chi connectivity index (χ4n) is 2.20. The van der Waals surface area contributed by atoms with Crippen LogP contribution in [0.2, 0.25) is 10.0 Å². The van der Waals surface area contributed by atoms with Gasteiger partial charge in [0, 0.05) is 32.7 Å². The number of nitrogens with zero attached hydrogens (tertiary/aromatic N) is 2. The molecular weight excluding hydrogens is 299 g/mol. The molecule has 20 heavy (non-hydrogen) atoms. The van der Waals surface area contributed by atoms with Crippen LogP contribution in [0.1, 0.15) is 12.5 Å². The highest BCUT2D eigenvalue weighted by Crippen LogP contribution is 2.23. The van der Waals surface area contributed by atoms with Crippen LogP contribution in [0.3, 0.4) is 0 Å². The van der Waals surface area contributed by atoms with E-state index in [1.165, 1.54) is 0 Å². The molecule has 0 radical (unpaired) electrons. The Morgan fingerprint density at radius 3 is 2.50 bits per heavy atom. The summed E-state index contributed by atoms with van der Waals surface area (Å²) in [5.41, 5.74) is 1.13. The average Bonchev–Trinajstić information content (AvgIpc) is 2.44. The Morgan fingerprint density at radius 2 is 1.90 bits per heavy atom. The molecular formula is C14H18Cl2N2O2. The van der Waals surface area contributed by atoms with E-state index < -0.39 is 0 Å². The van der Waals surface area contributed by atoms with Gasteiger partial charge in [0.15, 0.2) is 0 Å². The summed E-state index contributed by atoms with van der Waals surface area (Å²) < 4.78 is 5.00. The van der Waals surface area contributed by atoms with Gasteiger partial charge in [0.1, 0.15) is 0 Å². The van der Waals surface area contributed by atoms with E-state index in [0.29, 0.717) is 29.7 Å². The number of hydrogen-bond acceptors (Lipinski definition) is 3. The molecule has 1 fully saturated rings. The quantitative estimate of drug-likeness (QED) is 0.858. The van der Waals surface area contributed by atoms with Crippen LogP contribution in [-0.2, 0) is 11.3 Å². The molecule has 0 unspecified atom stereocenters. The number of carbonyl (C=O) groups excluding carboxylic acids is 1. The highest BCUT2D eigenvalue weighted by Gasteiger charge is 2.21. The lowest BCUT2D eigenvalue weighted by Crippen LogP contribution is -2.48. The second-order valence-corrected chi connectivity index (χ2v) is 5.52. The second-order valence-electron chi connectivity index (χ2n) is 4.71. The molecule has 0 saturated carbocycles. The molecule has 0 bridgehead atoms. The predicted octanol–water partition coefficient (Wildman–Crippen LogP) is 3.27. The summed E-state index contributed by atoms with van der Waals surface area (Å²) in [5.74, 6) is 0. The molecule has 0 aromatic heterocycles. The summed E-state index contributed by atoms with van der Waals surface area (Å²) in [7, 11) is 0. The zero-order valence-electron chi connectivity index (χ0n) is 11.4. The van der Waals surface area contributed by atoms with E-state index in [2.05, 4.69) is 4.90 Å². The maximum Gasteiger partial charge on any atom is 0.409 e. The molecule has 1 aliphatic heterocycles. The van der Waals surface area contributed by atoms with Crippen LogP contribution in [0.4, 0.5) is 4.79 Å². The van der Waals surface area contributed by atoms with E-state index in [-0.39, 0.29) is 6.09 Å². The predicted molar refractivity (Wildman–Crippen MR) is 80.3 cm³/mol. The highest BCUT2D eigenvalue weighted by atomic mass is 35.5. The lowest BCUT2D eigenvalue weighted by Gasteiger charge is -2.34. The minimum atomic E-state index is -0.221. The Hall–Kier alpha value is -0.970. The highest BCUT2D eigenvalue weighted by molar-refractivity contribution is 6.42. The first-order chi connectivity index (χ1) is 9.60. The third-order valence-corrected chi connectivity index (χ3v) is 4.03. The lowest BCUT2D eigenvalue weighted by molar-refractivity contribution is 0.0778. The van der Waals surface area contributed by atoms with Crippen molar-refractivity contribution in [2.45, 2.75) is 13.5 Å². The molecule has 6 heteroatoms. The summed E-state index contributed by atoms with van der Waals surface area (Å²) in [5, 5.41) is 1.15. The van der Waals surface area contributed by atoms with Crippen molar-refractivity contribution >= 4 is 29.3 Å². The Balaban J connectivity index is 1.85. The molecule has 1 aliphatic rings. The molecule has 0 atom stereocenters. The molecule has 110 valence electrons. The first kappa shape index (κ1) is 15.4. The molecule has 0 spiro atoms. The fraction of sp³-hybridized carbons (Fsp3) is 0.500. The van der Waals surface area contributed by atoms with Gasteiger partial charge in [0.2, 0.25) is 0 Å². The van der Waals surface area contributed by atoms with Gasteiger partial charge in [-0.2, -0.15) is 0 Å². The largest absolute Gasteiger partial charge is 0.450 e. The van der Waals surface area contributed by atoms with Gasteiger partial charge in [-0.05, 0) is 24.6 Å². The SMILES string of the molecule is CCOC(=O)N1CCN(Cc2ccc(Cl)c(Cl)c2)CC1. The zero-order chi connectivity index (χ0) is 14.5. The number of piperazine rings is 1. The number of halogens is 2. The first-order valence-corrected chi connectivity index (χ1v) is 7.43. The maximum absolute atomic E-state index is 11.6. The van der Waals surface area contributed by atoms with Crippen molar-refractivity contribution in [1.82, 2.24) is 9.80 Å². The van der Waals surface area contributed by atoms with Gasteiger partial charge in [0.25, 0.3) is 0 Å². The molecule has 1 heterocycles. The maximum atomic E-state index is 11.6. The van der Waals surface area contributed by atoms with Crippen molar-refractivity contribution in [1.29, 1.82) is 0 Å². The van der Waals surface area contributed by atoms with Crippen LogP contribution >= 0.6 is 23.2 Å². The van der Waals surface area contributed by atoms with Crippen LogP contribution in [-0.4, -0.2) is 48.7 Å². The van der Waals surface area contributed by atoms with Crippen molar-refractivity contribution in [2.24, 2.45) is 0 Å². The minimum Gasteiger partial charge on any atom is -0.450 e. The third-order valence-electron chi connectivity index (χ3n) is 3.29. The second kappa shape index (κ2) is 7.16. The van der Waals surface area contributed by atoms with Gasteiger partial charge < -0.3 is 9.64 Å². The van der Waals surface area contributed by atoms with Gasteiger partial charge in [-0.25, -0.2) is 4.79 Å². The molecule has 2 rings (SSSR count). The average molecular weight is 317 g/mol. The summed E-state index contributed by atoms with van der Waals surface area (Å²) in [6.07, 6.45) is -0.221. The number of carbonyl (C=O) groups is 1. The molecule has 1 aromatic rings.